The lowest BCUT2D eigenvalue weighted by Crippen LogP contribution is -2.24. The molecule has 0 aliphatic rings. The Bertz CT molecular complexity index is 1030. The van der Waals surface area contributed by atoms with Gasteiger partial charge in [-0.3, -0.25) is 4.79 Å². The van der Waals surface area contributed by atoms with E-state index in [9.17, 15) is 9.59 Å². The third-order valence-electron chi connectivity index (χ3n) is 3.61. The van der Waals surface area contributed by atoms with Crippen molar-refractivity contribution in [3.05, 3.63) is 89.3 Å². The van der Waals surface area contributed by atoms with Gasteiger partial charge in [0, 0.05) is 11.1 Å². The molecule has 3 rings (SSSR count). The summed E-state index contributed by atoms with van der Waals surface area (Å²) in [5.41, 5.74) is 3.07. The molecule has 0 fully saturated rings. The number of furan rings is 1. The number of ether oxygens (including phenoxy) is 2. The first-order valence-electron chi connectivity index (χ1n) is 8.82. The SMILES string of the molecule is O=C(COc1ccc(Cl)cc1)NN=Cc1ccc(OC(=O)C=Cc2ccco2)cc1. The zero-order chi connectivity index (χ0) is 21.2. The lowest BCUT2D eigenvalue weighted by molar-refractivity contribution is -0.129. The first kappa shape index (κ1) is 20.9. The predicted octanol–water partition coefficient (Wildman–Crippen LogP) is 4.08. The highest BCUT2D eigenvalue weighted by Gasteiger charge is 2.03. The first-order valence-corrected chi connectivity index (χ1v) is 9.20. The van der Waals surface area contributed by atoms with Gasteiger partial charge in [0.15, 0.2) is 6.61 Å². The fraction of sp³-hybridized carbons (Fsp3) is 0.0455. The minimum absolute atomic E-state index is 0.181. The van der Waals surface area contributed by atoms with Crippen LogP contribution in [0.25, 0.3) is 6.08 Å². The van der Waals surface area contributed by atoms with Crippen molar-refractivity contribution in [1.29, 1.82) is 0 Å². The lowest BCUT2D eigenvalue weighted by Gasteiger charge is -2.04. The molecule has 0 radical (unpaired) electrons. The molecule has 0 saturated heterocycles. The molecule has 0 bridgehead atoms. The average Bonchev–Trinajstić information content (AvgIpc) is 3.27. The van der Waals surface area contributed by atoms with E-state index in [1.165, 1.54) is 24.6 Å². The minimum Gasteiger partial charge on any atom is -0.484 e. The van der Waals surface area contributed by atoms with E-state index in [1.54, 1.807) is 60.7 Å². The zero-order valence-electron chi connectivity index (χ0n) is 15.7. The fourth-order valence-corrected chi connectivity index (χ4v) is 2.33. The highest BCUT2D eigenvalue weighted by Crippen LogP contribution is 2.15. The van der Waals surface area contributed by atoms with Gasteiger partial charge in [0.1, 0.15) is 17.3 Å². The summed E-state index contributed by atoms with van der Waals surface area (Å²) in [6.45, 7) is -0.181. The molecule has 1 heterocycles. The molecule has 0 saturated carbocycles. The summed E-state index contributed by atoms with van der Waals surface area (Å²) in [7, 11) is 0. The van der Waals surface area contributed by atoms with Gasteiger partial charge in [0.25, 0.3) is 5.91 Å². The molecule has 1 amide bonds. The molecular formula is C22H17ClN2O5. The molecule has 2 aromatic carbocycles. The van der Waals surface area contributed by atoms with E-state index in [2.05, 4.69) is 10.5 Å². The molecule has 152 valence electrons. The largest absolute Gasteiger partial charge is 0.484 e. The molecule has 1 aromatic heterocycles. The molecule has 0 aliphatic carbocycles. The van der Waals surface area contributed by atoms with Crippen molar-refractivity contribution in [1.82, 2.24) is 5.43 Å². The second kappa shape index (κ2) is 10.6. The Balaban J connectivity index is 1.42. The molecule has 8 heteroatoms. The molecule has 3 aromatic rings. The van der Waals surface area contributed by atoms with E-state index in [0.29, 0.717) is 27.8 Å². The summed E-state index contributed by atoms with van der Waals surface area (Å²) in [6.07, 6.45) is 5.77. The summed E-state index contributed by atoms with van der Waals surface area (Å²) in [6, 6.07) is 16.7. The van der Waals surface area contributed by atoms with Gasteiger partial charge in [-0.05, 0) is 72.3 Å². The molecule has 0 atom stereocenters. The molecule has 30 heavy (non-hydrogen) atoms. The van der Waals surface area contributed by atoms with Gasteiger partial charge in [-0.2, -0.15) is 5.10 Å². The Hall–Kier alpha value is -3.84. The number of hydrogen-bond acceptors (Lipinski definition) is 6. The van der Waals surface area contributed by atoms with E-state index in [-0.39, 0.29) is 6.61 Å². The molecule has 0 unspecified atom stereocenters. The van der Waals surface area contributed by atoms with Crippen LogP contribution >= 0.6 is 11.6 Å². The number of nitrogens with zero attached hydrogens (tertiary/aromatic N) is 1. The number of rotatable bonds is 8. The van der Waals surface area contributed by atoms with Crippen LogP contribution in [0.3, 0.4) is 0 Å². The quantitative estimate of drug-likeness (QED) is 0.193. The van der Waals surface area contributed by atoms with Gasteiger partial charge in [-0.15, -0.1) is 0 Å². The van der Waals surface area contributed by atoms with Crippen molar-refractivity contribution in [2.24, 2.45) is 5.10 Å². The Labute approximate surface area is 177 Å². The summed E-state index contributed by atoms with van der Waals surface area (Å²) in [5, 5.41) is 4.45. The van der Waals surface area contributed by atoms with Crippen molar-refractivity contribution in [2.75, 3.05) is 6.61 Å². The van der Waals surface area contributed by atoms with Gasteiger partial charge >= 0.3 is 5.97 Å². The standard InChI is InChI=1S/C22H17ClN2O5/c23-17-5-9-19(10-6-17)29-15-21(26)25-24-14-16-3-7-20(8-4-16)30-22(27)12-11-18-2-1-13-28-18/h1-14H,15H2,(H,25,26). The van der Waals surface area contributed by atoms with Crippen LogP contribution in [0, 0.1) is 0 Å². The van der Waals surface area contributed by atoms with Crippen LogP contribution in [-0.4, -0.2) is 24.7 Å². The van der Waals surface area contributed by atoms with E-state index in [0.717, 1.165) is 0 Å². The second-order valence-electron chi connectivity index (χ2n) is 5.87. The molecule has 0 aliphatic heterocycles. The van der Waals surface area contributed by atoms with Gasteiger partial charge in [-0.1, -0.05) is 11.6 Å². The van der Waals surface area contributed by atoms with Crippen LogP contribution in [0.1, 0.15) is 11.3 Å². The van der Waals surface area contributed by atoms with Crippen molar-refractivity contribution in [2.45, 2.75) is 0 Å². The maximum atomic E-state index is 11.8. The van der Waals surface area contributed by atoms with Crippen molar-refractivity contribution >= 4 is 35.8 Å². The van der Waals surface area contributed by atoms with Crippen LogP contribution in [0.4, 0.5) is 0 Å². The molecule has 0 spiro atoms. The van der Waals surface area contributed by atoms with Gasteiger partial charge in [0.05, 0.1) is 12.5 Å². The smallest absolute Gasteiger partial charge is 0.336 e. The summed E-state index contributed by atoms with van der Waals surface area (Å²) >= 11 is 5.78. The summed E-state index contributed by atoms with van der Waals surface area (Å²) < 4.78 is 15.6. The maximum absolute atomic E-state index is 11.8. The highest BCUT2D eigenvalue weighted by molar-refractivity contribution is 6.30. The number of carbonyl (C=O) groups excluding carboxylic acids is 2. The Morgan fingerprint density at radius 1 is 1.03 bits per heavy atom. The molecular weight excluding hydrogens is 408 g/mol. The van der Waals surface area contributed by atoms with Crippen LogP contribution in [0.2, 0.25) is 5.02 Å². The van der Waals surface area contributed by atoms with Crippen molar-refractivity contribution in [3.8, 4) is 11.5 Å². The van der Waals surface area contributed by atoms with Crippen LogP contribution in [-0.2, 0) is 9.59 Å². The highest BCUT2D eigenvalue weighted by atomic mass is 35.5. The number of amides is 1. The Kier molecular flexibility index (Phi) is 7.40. The topological polar surface area (TPSA) is 90.1 Å². The number of benzene rings is 2. The van der Waals surface area contributed by atoms with E-state index in [4.69, 9.17) is 25.5 Å². The maximum Gasteiger partial charge on any atom is 0.336 e. The number of esters is 1. The predicted molar refractivity (Wildman–Crippen MR) is 113 cm³/mol. The molecule has 7 nitrogen and oxygen atoms in total. The van der Waals surface area contributed by atoms with Gasteiger partial charge < -0.3 is 13.9 Å². The van der Waals surface area contributed by atoms with Crippen molar-refractivity contribution < 1.29 is 23.5 Å². The second-order valence-corrected chi connectivity index (χ2v) is 6.31. The monoisotopic (exact) mass is 424 g/mol. The van der Waals surface area contributed by atoms with E-state index in [1.807, 2.05) is 0 Å². The zero-order valence-corrected chi connectivity index (χ0v) is 16.4. The molecule has 1 N–H and O–H groups in total. The third-order valence-corrected chi connectivity index (χ3v) is 3.86. The number of halogens is 1. The van der Waals surface area contributed by atoms with Crippen LogP contribution < -0.4 is 14.9 Å². The Morgan fingerprint density at radius 3 is 2.47 bits per heavy atom. The lowest BCUT2D eigenvalue weighted by atomic mass is 10.2. The van der Waals surface area contributed by atoms with Gasteiger partial charge in [0.2, 0.25) is 0 Å². The van der Waals surface area contributed by atoms with Crippen LogP contribution in [0.5, 0.6) is 11.5 Å². The average molecular weight is 425 g/mol. The minimum atomic E-state index is -0.527. The number of carbonyl (C=O) groups is 2. The third kappa shape index (κ3) is 6.96. The number of hydrazone groups is 1. The number of nitrogens with one attached hydrogen (secondary N) is 1. The fourth-order valence-electron chi connectivity index (χ4n) is 2.20. The van der Waals surface area contributed by atoms with Crippen LogP contribution in [0.15, 0.2) is 82.5 Å². The number of hydrogen-bond donors (Lipinski definition) is 1. The van der Waals surface area contributed by atoms with Gasteiger partial charge in [-0.25, -0.2) is 10.2 Å². The van der Waals surface area contributed by atoms with E-state index < -0.39 is 11.9 Å². The van der Waals surface area contributed by atoms with E-state index >= 15 is 0 Å². The Morgan fingerprint density at radius 2 is 1.77 bits per heavy atom. The summed E-state index contributed by atoms with van der Waals surface area (Å²) in [4.78, 5) is 23.5. The summed E-state index contributed by atoms with van der Waals surface area (Å²) in [5.74, 6) is 0.527. The van der Waals surface area contributed by atoms with Crippen molar-refractivity contribution in [3.63, 3.8) is 0 Å². The first-order chi connectivity index (χ1) is 14.6. The normalized spacial score (nSPS) is 11.0.